The van der Waals surface area contributed by atoms with Crippen molar-refractivity contribution in [2.75, 3.05) is 0 Å². The van der Waals surface area contributed by atoms with Crippen LogP contribution in [0.4, 0.5) is 13.2 Å². The maximum Gasteiger partial charge on any atom is 0.417 e. The normalized spacial score (nSPS) is 11.8. The summed E-state index contributed by atoms with van der Waals surface area (Å²) < 4.78 is 39.4. The lowest BCUT2D eigenvalue weighted by Gasteiger charge is -2.08. The van der Waals surface area contributed by atoms with Crippen LogP contribution >= 0.6 is 0 Å². The lowest BCUT2D eigenvalue weighted by atomic mass is 10.1. The monoisotopic (exact) mass is 290 g/mol. The molecule has 3 aromatic rings. The predicted molar refractivity (Wildman–Crippen MR) is 70.1 cm³/mol. The van der Waals surface area contributed by atoms with Gasteiger partial charge in [0.15, 0.2) is 0 Å². The molecule has 0 fully saturated rings. The number of alkyl halides is 3. The summed E-state index contributed by atoms with van der Waals surface area (Å²) in [6.45, 7) is 0. The van der Waals surface area contributed by atoms with Gasteiger partial charge in [-0.15, -0.1) is 0 Å². The van der Waals surface area contributed by atoms with Gasteiger partial charge in [0.1, 0.15) is 11.3 Å². The zero-order valence-electron chi connectivity index (χ0n) is 10.6. The fourth-order valence-corrected chi connectivity index (χ4v) is 2.05. The molecule has 2 aromatic heterocycles. The van der Waals surface area contributed by atoms with Gasteiger partial charge < -0.3 is 0 Å². The molecule has 106 valence electrons. The molecule has 0 aliphatic heterocycles. The second-order valence-electron chi connectivity index (χ2n) is 4.48. The second-order valence-corrected chi connectivity index (χ2v) is 4.48. The number of benzene rings is 1. The molecule has 0 bridgehead atoms. The van der Waals surface area contributed by atoms with E-state index in [4.69, 9.17) is 0 Å². The number of hydrogen-bond acceptors (Lipinski definition) is 2. The van der Waals surface area contributed by atoms with Gasteiger partial charge in [-0.05, 0) is 12.1 Å². The Morgan fingerprint density at radius 1 is 1.05 bits per heavy atom. The van der Waals surface area contributed by atoms with Crippen molar-refractivity contribution in [3.63, 3.8) is 0 Å². The average Bonchev–Trinajstić information content (AvgIpc) is 2.89. The van der Waals surface area contributed by atoms with Crippen LogP contribution in [-0.2, 0) is 6.18 Å². The van der Waals surface area contributed by atoms with E-state index in [1.165, 1.54) is 12.3 Å². The molecule has 0 spiro atoms. The summed E-state index contributed by atoms with van der Waals surface area (Å²) in [5.41, 5.74) is -0.0311. The number of fused-ring (bicyclic) bond motifs is 1. The number of nitrogens with zero attached hydrogens (tertiary/aromatic N) is 2. The van der Waals surface area contributed by atoms with E-state index >= 15 is 0 Å². The summed E-state index contributed by atoms with van der Waals surface area (Å²) in [5, 5.41) is 0. The SMILES string of the molecule is O=C(c1ccccc1)c1cnc2ccc(C(F)(F)F)cn12. The quantitative estimate of drug-likeness (QED) is 0.676. The molecular formula is C15H9F3N2O. The van der Waals surface area contributed by atoms with Gasteiger partial charge in [0.05, 0.1) is 11.8 Å². The van der Waals surface area contributed by atoms with Crippen molar-refractivity contribution in [3.05, 3.63) is 71.7 Å². The number of pyridine rings is 1. The smallest absolute Gasteiger partial charge is 0.296 e. The summed E-state index contributed by atoms with van der Waals surface area (Å²) in [6.07, 6.45) is -2.30. The Morgan fingerprint density at radius 3 is 2.43 bits per heavy atom. The van der Waals surface area contributed by atoms with E-state index in [9.17, 15) is 18.0 Å². The molecular weight excluding hydrogens is 281 g/mol. The van der Waals surface area contributed by atoms with Crippen LogP contribution < -0.4 is 0 Å². The molecule has 3 nitrogen and oxygen atoms in total. The van der Waals surface area contributed by atoms with Gasteiger partial charge in [0.2, 0.25) is 5.78 Å². The number of aromatic nitrogens is 2. The Kier molecular flexibility index (Phi) is 3.01. The molecule has 0 aliphatic carbocycles. The van der Waals surface area contributed by atoms with Gasteiger partial charge in [0, 0.05) is 11.8 Å². The zero-order chi connectivity index (χ0) is 15.0. The zero-order valence-corrected chi connectivity index (χ0v) is 10.6. The van der Waals surface area contributed by atoms with Crippen molar-refractivity contribution >= 4 is 11.4 Å². The van der Waals surface area contributed by atoms with Crippen molar-refractivity contribution in [2.45, 2.75) is 6.18 Å². The second kappa shape index (κ2) is 4.73. The van der Waals surface area contributed by atoms with E-state index in [-0.39, 0.29) is 11.5 Å². The van der Waals surface area contributed by atoms with Crippen LogP contribution in [0.1, 0.15) is 21.6 Å². The molecule has 2 heterocycles. The molecule has 1 aromatic carbocycles. The number of ketones is 1. The Hall–Kier alpha value is -2.63. The van der Waals surface area contributed by atoms with E-state index in [0.29, 0.717) is 11.2 Å². The first-order valence-corrected chi connectivity index (χ1v) is 6.11. The number of halogens is 3. The van der Waals surface area contributed by atoms with E-state index in [0.717, 1.165) is 16.7 Å². The summed E-state index contributed by atoms with van der Waals surface area (Å²) in [5.74, 6) is -0.373. The van der Waals surface area contributed by atoms with Crippen molar-refractivity contribution in [2.24, 2.45) is 0 Å². The fourth-order valence-electron chi connectivity index (χ4n) is 2.05. The number of rotatable bonds is 2. The maximum absolute atomic E-state index is 12.8. The third-order valence-electron chi connectivity index (χ3n) is 3.10. The highest BCUT2D eigenvalue weighted by molar-refractivity contribution is 6.08. The summed E-state index contributed by atoms with van der Waals surface area (Å²) >= 11 is 0. The molecule has 0 saturated heterocycles. The Morgan fingerprint density at radius 2 is 1.76 bits per heavy atom. The summed E-state index contributed by atoms with van der Waals surface area (Å²) in [4.78, 5) is 16.3. The van der Waals surface area contributed by atoms with Crippen molar-refractivity contribution in [1.82, 2.24) is 9.38 Å². The van der Waals surface area contributed by atoms with E-state index in [2.05, 4.69) is 4.98 Å². The first-order chi connectivity index (χ1) is 9.97. The number of hydrogen-bond donors (Lipinski definition) is 0. The van der Waals surface area contributed by atoms with Gasteiger partial charge in [-0.25, -0.2) is 4.98 Å². The Bertz CT molecular complexity index is 807. The number of carbonyl (C=O) groups is 1. The first-order valence-electron chi connectivity index (χ1n) is 6.11. The van der Waals surface area contributed by atoms with Crippen molar-refractivity contribution in [1.29, 1.82) is 0 Å². The van der Waals surface area contributed by atoms with Gasteiger partial charge in [-0.3, -0.25) is 9.20 Å². The molecule has 0 radical (unpaired) electrons. The van der Waals surface area contributed by atoms with E-state index in [1.54, 1.807) is 30.3 Å². The van der Waals surface area contributed by atoms with Crippen LogP contribution in [0.2, 0.25) is 0 Å². The van der Waals surface area contributed by atoms with Crippen LogP contribution in [0.25, 0.3) is 5.65 Å². The Balaban J connectivity index is 2.13. The Labute approximate surface area is 117 Å². The molecule has 0 atom stereocenters. The molecule has 0 amide bonds. The molecule has 3 rings (SSSR count). The molecule has 0 unspecified atom stereocenters. The molecule has 0 N–H and O–H groups in total. The predicted octanol–water partition coefficient (Wildman–Crippen LogP) is 3.58. The van der Waals surface area contributed by atoms with Crippen molar-refractivity contribution in [3.8, 4) is 0 Å². The lowest BCUT2D eigenvalue weighted by Crippen LogP contribution is -2.09. The van der Waals surface area contributed by atoms with Gasteiger partial charge in [-0.2, -0.15) is 13.2 Å². The van der Waals surface area contributed by atoms with Crippen molar-refractivity contribution < 1.29 is 18.0 Å². The van der Waals surface area contributed by atoms with Crippen LogP contribution in [0.5, 0.6) is 0 Å². The van der Waals surface area contributed by atoms with Gasteiger partial charge in [-0.1, -0.05) is 30.3 Å². The largest absolute Gasteiger partial charge is 0.417 e. The molecule has 21 heavy (non-hydrogen) atoms. The molecule has 0 saturated carbocycles. The number of carbonyl (C=O) groups excluding carboxylic acids is 1. The van der Waals surface area contributed by atoms with Crippen LogP contribution in [0, 0.1) is 0 Å². The van der Waals surface area contributed by atoms with Crippen LogP contribution in [-0.4, -0.2) is 15.2 Å². The third-order valence-corrected chi connectivity index (χ3v) is 3.10. The minimum atomic E-state index is -4.47. The highest BCUT2D eigenvalue weighted by Gasteiger charge is 2.31. The minimum absolute atomic E-state index is 0.0994. The van der Waals surface area contributed by atoms with E-state index in [1.807, 2.05) is 0 Å². The topological polar surface area (TPSA) is 34.4 Å². The highest BCUT2D eigenvalue weighted by atomic mass is 19.4. The highest BCUT2D eigenvalue weighted by Crippen LogP contribution is 2.29. The van der Waals surface area contributed by atoms with E-state index < -0.39 is 11.7 Å². The standard InChI is InChI=1S/C15H9F3N2O/c16-15(17,18)11-6-7-13-19-8-12(20(13)9-11)14(21)10-4-2-1-3-5-10/h1-9H. The van der Waals surface area contributed by atoms with Gasteiger partial charge >= 0.3 is 6.18 Å². The maximum atomic E-state index is 12.8. The molecule has 6 heteroatoms. The lowest BCUT2D eigenvalue weighted by molar-refractivity contribution is -0.137. The van der Waals surface area contributed by atoms with Crippen LogP contribution in [0.15, 0.2) is 54.9 Å². The third kappa shape index (κ3) is 2.40. The molecule has 0 aliphatic rings. The first kappa shape index (κ1) is 13.4. The minimum Gasteiger partial charge on any atom is -0.296 e. The summed E-state index contributed by atoms with van der Waals surface area (Å²) in [6, 6.07) is 10.5. The summed E-state index contributed by atoms with van der Waals surface area (Å²) in [7, 11) is 0. The fraction of sp³-hybridized carbons (Fsp3) is 0.0667. The average molecular weight is 290 g/mol. The van der Waals surface area contributed by atoms with Gasteiger partial charge in [0.25, 0.3) is 0 Å². The van der Waals surface area contributed by atoms with Crippen LogP contribution in [0.3, 0.4) is 0 Å². The number of imidazole rings is 1.